The summed E-state index contributed by atoms with van der Waals surface area (Å²) in [6, 6.07) is 0. The van der Waals surface area contributed by atoms with E-state index < -0.39 is 0 Å². The van der Waals surface area contributed by atoms with Gasteiger partial charge in [-0.3, -0.25) is 4.79 Å². The maximum Gasteiger partial charge on any atom is 0.145 e. The van der Waals surface area contributed by atoms with Crippen molar-refractivity contribution in [3.05, 3.63) is 11.6 Å². The average molecular weight is 250 g/mol. The Morgan fingerprint density at radius 2 is 2.17 bits per heavy atom. The molecule has 0 amide bonds. The standard InChI is InChI=1S/C16H26O2/c1-5-12(10-17)6-7-13-8-14-9-16(14,11-18-4)15(13,2)3/h6,10,13-14H,5,7-9,11H2,1-4H3. The van der Waals surface area contributed by atoms with Gasteiger partial charge < -0.3 is 4.74 Å². The highest BCUT2D eigenvalue weighted by Crippen LogP contribution is 2.74. The van der Waals surface area contributed by atoms with E-state index in [1.165, 1.54) is 12.8 Å². The van der Waals surface area contributed by atoms with E-state index in [1.54, 1.807) is 0 Å². The maximum atomic E-state index is 10.9. The fourth-order valence-corrected chi connectivity index (χ4v) is 4.10. The van der Waals surface area contributed by atoms with Crippen molar-refractivity contribution >= 4 is 6.29 Å². The third-order valence-corrected chi connectivity index (χ3v) is 5.73. The van der Waals surface area contributed by atoms with Crippen molar-refractivity contribution in [1.82, 2.24) is 0 Å². The van der Waals surface area contributed by atoms with Gasteiger partial charge in [-0.15, -0.1) is 0 Å². The smallest absolute Gasteiger partial charge is 0.145 e. The molecule has 0 spiro atoms. The Kier molecular flexibility index (Phi) is 3.68. The van der Waals surface area contributed by atoms with Crippen LogP contribution in [0.5, 0.6) is 0 Å². The minimum Gasteiger partial charge on any atom is -0.384 e. The average Bonchev–Trinajstić information content (AvgIpc) is 2.99. The predicted octanol–water partition coefficient (Wildman–Crippen LogP) is 3.61. The second-order valence-electron chi connectivity index (χ2n) is 6.63. The molecular weight excluding hydrogens is 224 g/mol. The van der Waals surface area contributed by atoms with Crippen LogP contribution in [0.2, 0.25) is 0 Å². The Morgan fingerprint density at radius 1 is 1.44 bits per heavy atom. The number of carbonyl (C=O) groups excluding carboxylic acids is 1. The van der Waals surface area contributed by atoms with Gasteiger partial charge in [0.2, 0.25) is 0 Å². The summed E-state index contributed by atoms with van der Waals surface area (Å²) in [6.07, 6.45) is 7.71. The van der Waals surface area contributed by atoms with Crippen molar-refractivity contribution in [2.75, 3.05) is 13.7 Å². The largest absolute Gasteiger partial charge is 0.384 e. The highest BCUT2D eigenvalue weighted by atomic mass is 16.5. The number of ether oxygens (including phenoxy) is 1. The van der Waals surface area contributed by atoms with Crippen molar-refractivity contribution in [3.63, 3.8) is 0 Å². The molecule has 2 aliphatic carbocycles. The number of fused-ring (bicyclic) bond motifs is 1. The van der Waals surface area contributed by atoms with Crippen LogP contribution in [0.1, 0.15) is 46.5 Å². The summed E-state index contributed by atoms with van der Waals surface area (Å²) in [6.45, 7) is 7.73. The van der Waals surface area contributed by atoms with Crippen LogP contribution in [0.3, 0.4) is 0 Å². The minimum absolute atomic E-state index is 0.339. The molecule has 2 nitrogen and oxygen atoms in total. The van der Waals surface area contributed by atoms with E-state index in [0.717, 1.165) is 37.2 Å². The number of rotatable bonds is 6. The highest BCUT2D eigenvalue weighted by Gasteiger charge is 2.69. The van der Waals surface area contributed by atoms with Gasteiger partial charge in [0.1, 0.15) is 6.29 Å². The number of aldehydes is 1. The number of hydrogen-bond acceptors (Lipinski definition) is 2. The first kappa shape index (κ1) is 13.8. The first-order valence-electron chi connectivity index (χ1n) is 7.15. The van der Waals surface area contributed by atoms with Crippen LogP contribution in [0.25, 0.3) is 0 Å². The van der Waals surface area contributed by atoms with E-state index in [1.807, 2.05) is 14.0 Å². The lowest BCUT2D eigenvalue weighted by Gasteiger charge is -2.36. The van der Waals surface area contributed by atoms with E-state index in [0.29, 0.717) is 16.7 Å². The van der Waals surface area contributed by atoms with Gasteiger partial charge in [0.15, 0.2) is 0 Å². The normalized spacial score (nSPS) is 37.4. The highest BCUT2D eigenvalue weighted by molar-refractivity contribution is 5.72. The molecule has 0 aliphatic heterocycles. The summed E-state index contributed by atoms with van der Waals surface area (Å²) in [5.41, 5.74) is 1.71. The summed E-state index contributed by atoms with van der Waals surface area (Å²) in [5.74, 6) is 1.56. The molecule has 3 atom stereocenters. The van der Waals surface area contributed by atoms with Crippen LogP contribution in [-0.2, 0) is 9.53 Å². The van der Waals surface area contributed by atoms with Crippen molar-refractivity contribution in [3.8, 4) is 0 Å². The summed E-state index contributed by atoms with van der Waals surface area (Å²) < 4.78 is 5.45. The van der Waals surface area contributed by atoms with E-state index in [2.05, 4.69) is 19.9 Å². The van der Waals surface area contributed by atoms with Crippen molar-refractivity contribution < 1.29 is 9.53 Å². The molecular formula is C16H26O2. The number of hydrogen-bond donors (Lipinski definition) is 0. The molecule has 0 saturated heterocycles. The van der Waals surface area contributed by atoms with Gasteiger partial charge in [-0.05, 0) is 48.5 Å². The zero-order valence-electron chi connectivity index (χ0n) is 12.2. The molecule has 2 aliphatic rings. The first-order chi connectivity index (χ1) is 8.51. The molecule has 3 unspecified atom stereocenters. The summed E-state index contributed by atoms with van der Waals surface area (Å²) in [7, 11) is 1.81. The molecule has 102 valence electrons. The number of methoxy groups -OCH3 is 1. The lowest BCUT2D eigenvalue weighted by atomic mass is 9.69. The lowest BCUT2D eigenvalue weighted by molar-refractivity contribution is -0.105. The topological polar surface area (TPSA) is 26.3 Å². The van der Waals surface area contributed by atoms with Gasteiger partial charge in [-0.1, -0.05) is 26.8 Å². The SMILES string of the molecule is CCC(C=O)=CCC1CC2CC2(COC)C1(C)C. The molecule has 0 heterocycles. The van der Waals surface area contributed by atoms with Gasteiger partial charge in [-0.2, -0.15) is 0 Å². The van der Waals surface area contributed by atoms with E-state index in [-0.39, 0.29) is 0 Å². The molecule has 2 fully saturated rings. The van der Waals surface area contributed by atoms with Crippen molar-refractivity contribution in [2.24, 2.45) is 22.7 Å². The Hall–Kier alpha value is -0.630. The van der Waals surface area contributed by atoms with Crippen LogP contribution in [0.4, 0.5) is 0 Å². The molecule has 0 radical (unpaired) electrons. The summed E-state index contributed by atoms with van der Waals surface area (Å²) in [5, 5.41) is 0. The Bertz CT molecular complexity index is 356. The number of allylic oxidation sites excluding steroid dienone is 2. The second-order valence-corrected chi connectivity index (χ2v) is 6.63. The molecule has 0 aromatic heterocycles. The fourth-order valence-electron chi connectivity index (χ4n) is 4.10. The van der Waals surface area contributed by atoms with Gasteiger partial charge in [0.05, 0.1) is 6.61 Å². The lowest BCUT2D eigenvalue weighted by Crippen LogP contribution is -2.32. The van der Waals surface area contributed by atoms with Crippen molar-refractivity contribution in [2.45, 2.75) is 46.5 Å². The predicted molar refractivity (Wildman–Crippen MR) is 73.4 cm³/mol. The zero-order chi connectivity index (χ0) is 13.4. The molecule has 2 heteroatoms. The van der Waals surface area contributed by atoms with Gasteiger partial charge >= 0.3 is 0 Å². The third-order valence-electron chi connectivity index (χ3n) is 5.73. The van der Waals surface area contributed by atoms with Crippen LogP contribution in [0.15, 0.2) is 11.6 Å². The quantitative estimate of drug-likeness (QED) is 0.532. The van der Waals surface area contributed by atoms with Crippen LogP contribution < -0.4 is 0 Å². The maximum absolute atomic E-state index is 10.9. The Morgan fingerprint density at radius 3 is 2.72 bits per heavy atom. The molecule has 0 N–H and O–H groups in total. The molecule has 0 aromatic rings. The first-order valence-corrected chi connectivity index (χ1v) is 7.15. The Labute approximate surface area is 111 Å². The van der Waals surface area contributed by atoms with E-state index in [4.69, 9.17) is 4.74 Å². The van der Waals surface area contributed by atoms with Gasteiger partial charge in [0.25, 0.3) is 0 Å². The Balaban J connectivity index is 2.05. The van der Waals surface area contributed by atoms with Gasteiger partial charge in [-0.25, -0.2) is 0 Å². The van der Waals surface area contributed by atoms with Crippen LogP contribution >= 0.6 is 0 Å². The van der Waals surface area contributed by atoms with E-state index in [9.17, 15) is 4.79 Å². The minimum atomic E-state index is 0.339. The van der Waals surface area contributed by atoms with Crippen molar-refractivity contribution in [1.29, 1.82) is 0 Å². The molecule has 0 aromatic carbocycles. The monoisotopic (exact) mass is 250 g/mol. The third kappa shape index (κ3) is 1.95. The molecule has 18 heavy (non-hydrogen) atoms. The summed E-state index contributed by atoms with van der Waals surface area (Å²) >= 11 is 0. The zero-order valence-corrected chi connectivity index (χ0v) is 12.2. The van der Waals surface area contributed by atoms with E-state index >= 15 is 0 Å². The van der Waals surface area contributed by atoms with Gasteiger partial charge in [0, 0.05) is 12.5 Å². The van der Waals surface area contributed by atoms with Crippen LogP contribution in [0, 0.1) is 22.7 Å². The second kappa shape index (κ2) is 4.80. The molecule has 2 saturated carbocycles. The summed E-state index contributed by atoms with van der Waals surface area (Å²) in [4.78, 5) is 10.9. The van der Waals surface area contributed by atoms with Crippen LogP contribution in [-0.4, -0.2) is 20.0 Å². The number of carbonyl (C=O) groups is 1. The fraction of sp³-hybridized carbons (Fsp3) is 0.812. The molecule has 0 bridgehead atoms. The molecule has 2 rings (SSSR count).